The average molecular weight is 233 g/mol. The van der Waals surface area contributed by atoms with Gasteiger partial charge in [0, 0.05) is 6.54 Å². The Labute approximate surface area is 100 Å². The van der Waals surface area contributed by atoms with Crippen molar-refractivity contribution >= 4 is 0 Å². The predicted octanol–water partition coefficient (Wildman–Crippen LogP) is 1.89. The number of ether oxygens (including phenoxy) is 2. The number of aryl methyl sites for hydroxylation is 1. The monoisotopic (exact) mass is 233 g/mol. The molecule has 0 unspecified atom stereocenters. The Kier molecular flexibility index (Phi) is 3.59. The molecule has 1 aromatic heterocycles. The molecule has 0 aliphatic heterocycles. The molecule has 0 bridgehead atoms. The third-order valence-electron chi connectivity index (χ3n) is 2.46. The lowest BCUT2D eigenvalue weighted by atomic mass is 10.3. The highest BCUT2D eigenvalue weighted by molar-refractivity contribution is 5.31. The Hall–Kier alpha value is -2.04. The van der Waals surface area contributed by atoms with Crippen LogP contribution < -0.4 is 9.47 Å². The highest BCUT2D eigenvalue weighted by Gasteiger charge is 2.03. The fraction of sp³-hybridized carbons (Fsp3) is 0.333. The van der Waals surface area contributed by atoms with Crippen LogP contribution in [0, 0.1) is 0 Å². The number of aromatic nitrogens is 3. The van der Waals surface area contributed by atoms with Gasteiger partial charge in [0.05, 0.1) is 7.11 Å². The molecule has 2 rings (SSSR count). The lowest BCUT2D eigenvalue weighted by Gasteiger charge is -2.07. The second-order valence-electron chi connectivity index (χ2n) is 3.50. The molecule has 0 atom stereocenters. The van der Waals surface area contributed by atoms with Crippen molar-refractivity contribution in [2.75, 3.05) is 7.11 Å². The molecule has 90 valence electrons. The van der Waals surface area contributed by atoms with Gasteiger partial charge in [0.2, 0.25) is 0 Å². The molecule has 0 N–H and O–H groups in total. The molecule has 0 spiro atoms. The van der Waals surface area contributed by atoms with E-state index < -0.39 is 0 Å². The van der Waals surface area contributed by atoms with E-state index in [1.54, 1.807) is 13.4 Å². The number of rotatable bonds is 5. The van der Waals surface area contributed by atoms with Gasteiger partial charge in [-0.1, -0.05) is 0 Å². The van der Waals surface area contributed by atoms with E-state index in [4.69, 9.17) is 9.47 Å². The highest BCUT2D eigenvalue weighted by Crippen LogP contribution is 2.17. The lowest BCUT2D eigenvalue weighted by molar-refractivity contribution is 0.289. The molecule has 0 saturated carbocycles. The Morgan fingerprint density at radius 3 is 2.53 bits per heavy atom. The molecule has 1 aromatic carbocycles. The molecule has 0 fully saturated rings. The van der Waals surface area contributed by atoms with Crippen LogP contribution in [0.15, 0.2) is 30.6 Å². The Morgan fingerprint density at radius 1 is 1.18 bits per heavy atom. The van der Waals surface area contributed by atoms with Gasteiger partial charge in [0.1, 0.15) is 24.4 Å². The van der Waals surface area contributed by atoms with Crippen LogP contribution in [0.2, 0.25) is 0 Å². The number of hydrogen-bond donors (Lipinski definition) is 0. The Morgan fingerprint density at radius 2 is 1.88 bits per heavy atom. The minimum Gasteiger partial charge on any atom is -0.497 e. The zero-order valence-corrected chi connectivity index (χ0v) is 9.96. The third-order valence-corrected chi connectivity index (χ3v) is 2.46. The number of hydrogen-bond acceptors (Lipinski definition) is 4. The summed E-state index contributed by atoms with van der Waals surface area (Å²) in [6.07, 6.45) is 1.70. The van der Waals surface area contributed by atoms with E-state index in [1.165, 1.54) is 0 Å². The zero-order valence-electron chi connectivity index (χ0n) is 9.96. The topological polar surface area (TPSA) is 49.2 Å². The van der Waals surface area contributed by atoms with Crippen molar-refractivity contribution in [3.63, 3.8) is 0 Å². The van der Waals surface area contributed by atoms with Crippen LogP contribution in [-0.2, 0) is 13.2 Å². The SMILES string of the molecule is CCn1cnnc1COc1ccc(OC)cc1. The fourth-order valence-corrected chi connectivity index (χ4v) is 1.47. The van der Waals surface area contributed by atoms with Crippen molar-refractivity contribution in [2.45, 2.75) is 20.1 Å². The maximum Gasteiger partial charge on any atom is 0.170 e. The summed E-state index contributed by atoms with van der Waals surface area (Å²) in [5.74, 6) is 2.42. The summed E-state index contributed by atoms with van der Waals surface area (Å²) in [5, 5.41) is 7.84. The molecule has 1 heterocycles. The van der Waals surface area contributed by atoms with Crippen LogP contribution in [-0.4, -0.2) is 21.9 Å². The first-order valence-corrected chi connectivity index (χ1v) is 5.47. The summed E-state index contributed by atoms with van der Waals surface area (Å²) in [5.41, 5.74) is 0. The van der Waals surface area contributed by atoms with Crippen LogP contribution in [0.1, 0.15) is 12.7 Å². The molecule has 5 nitrogen and oxygen atoms in total. The van der Waals surface area contributed by atoms with E-state index in [2.05, 4.69) is 10.2 Å². The molecule has 17 heavy (non-hydrogen) atoms. The Balaban J connectivity index is 1.97. The van der Waals surface area contributed by atoms with Crippen LogP contribution in [0.5, 0.6) is 11.5 Å². The van der Waals surface area contributed by atoms with Crippen molar-refractivity contribution in [2.24, 2.45) is 0 Å². The van der Waals surface area contributed by atoms with Crippen molar-refractivity contribution in [1.82, 2.24) is 14.8 Å². The van der Waals surface area contributed by atoms with Crippen LogP contribution in [0.25, 0.3) is 0 Å². The summed E-state index contributed by atoms with van der Waals surface area (Å²) in [6, 6.07) is 7.46. The summed E-state index contributed by atoms with van der Waals surface area (Å²) in [4.78, 5) is 0. The molecule has 0 aliphatic rings. The normalized spacial score (nSPS) is 10.2. The molecular formula is C12H15N3O2. The van der Waals surface area contributed by atoms with Gasteiger partial charge in [-0.3, -0.25) is 0 Å². The van der Waals surface area contributed by atoms with E-state index in [-0.39, 0.29) is 0 Å². The standard InChI is InChI=1S/C12H15N3O2/c1-3-15-9-13-14-12(15)8-17-11-6-4-10(16-2)5-7-11/h4-7,9H,3,8H2,1-2H3. The van der Waals surface area contributed by atoms with Crippen LogP contribution in [0.4, 0.5) is 0 Å². The Bertz CT molecular complexity index is 465. The van der Waals surface area contributed by atoms with Gasteiger partial charge >= 0.3 is 0 Å². The maximum absolute atomic E-state index is 5.61. The minimum atomic E-state index is 0.417. The molecule has 2 aromatic rings. The summed E-state index contributed by atoms with van der Waals surface area (Å²) >= 11 is 0. The second kappa shape index (κ2) is 5.34. The lowest BCUT2D eigenvalue weighted by Crippen LogP contribution is -2.05. The first-order valence-electron chi connectivity index (χ1n) is 5.47. The zero-order chi connectivity index (χ0) is 12.1. The van der Waals surface area contributed by atoms with Gasteiger partial charge < -0.3 is 14.0 Å². The highest BCUT2D eigenvalue weighted by atomic mass is 16.5. The van der Waals surface area contributed by atoms with Crippen molar-refractivity contribution < 1.29 is 9.47 Å². The summed E-state index contributed by atoms with van der Waals surface area (Å²) < 4.78 is 12.6. The molecule has 0 radical (unpaired) electrons. The van der Waals surface area contributed by atoms with Gasteiger partial charge in [-0.25, -0.2) is 0 Å². The van der Waals surface area contributed by atoms with Gasteiger partial charge in [-0.05, 0) is 31.2 Å². The smallest absolute Gasteiger partial charge is 0.170 e. The van der Waals surface area contributed by atoms with E-state index in [9.17, 15) is 0 Å². The first kappa shape index (κ1) is 11.4. The summed E-state index contributed by atoms with van der Waals surface area (Å²) in [6.45, 7) is 3.30. The van der Waals surface area contributed by atoms with Crippen molar-refractivity contribution in [3.05, 3.63) is 36.4 Å². The van der Waals surface area contributed by atoms with E-state index in [0.717, 1.165) is 23.9 Å². The number of nitrogens with zero attached hydrogens (tertiary/aromatic N) is 3. The molecule has 5 heteroatoms. The van der Waals surface area contributed by atoms with E-state index in [0.29, 0.717) is 6.61 Å². The fourth-order valence-electron chi connectivity index (χ4n) is 1.47. The van der Waals surface area contributed by atoms with Crippen molar-refractivity contribution in [3.8, 4) is 11.5 Å². The van der Waals surface area contributed by atoms with Crippen LogP contribution >= 0.6 is 0 Å². The van der Waals surface area contributed by atoms with Crippen molar-refractivity contribution in [1.29, 1.82) is 0 Å². The number of methoxy groups -OCH3 is 1. The molecule has 0 saturated heterocycles. The van der Waals surface area contributed by atoms with E-state index in [1.807, 2.05) is 35.8 Å². The first-order chi connectivity index (χ1) is 8.33. The molecule has 0 amide bonds. The van der Waals surface area contributed by atoms with Gasteiger partial charge in [-0.2, -0.15) is 0 Å². The molecule has 0 aliphatic carbocycles. The summed E-state index contributed by atoms with van der Waals surface area (Å²) in [7, 11) is 1.64. The third kappa shape index (κ3) is 2.75. The second-order valence-corrected chi connectivity index (χ2v) is 3.50. The van der Waals surface area contributed by atoms with Gasteiger partial charge in [0.25, 0.3) is 0 Å². The minimum absolute atomic E-state index is 0.417. The van der Waals surface area contributed by atoms with Gasteiger partial charge in [0.15, 0.2) is 5.82 Å². The van der Waals surface area contributed by atoms with Gasteiger partial charge in [-0.15, -0.1) is 10.2 Å². The van der Waals surface area contributed by atoms with Crippen LogP contribution in [0.3, 0.4) is 0 Å². The average Bonchev–Trinajstić information content (AvgIpc) is 2.84. The quantitative estimate of drug-likeness (QED) is 0.791. The predicted molar refractivity (Wildman–Crippen MR) is 63.0 cm³/mol. The maximum atomic E-state index is 5.61. The molecular weight excluding hydrogens is 218 g/mol. The number of benzene rings is 1. The largest absolute Gasteiger partial charge is 0.497 e. The van der Waals surface area contributed by atoms with E-state index >= 15 is 0 Å².